The first kappa shape index (κ1) is 11.3. The average molecular weight is 236 g/mol. The molecule has 0 fully saturated rings. The zero-order valence-corrected chi connectivity index (χ0v) is 9.54. The van der Waals surface area contributed by atoms with Crippen LogP contribution in [0.25, 0.3) is 0 Å². The lowest BCUT2D eigenvalue weighted by Gasteiger charge is -2.16. The third kappa shape index (κ3) is 1.77. The maximum Gasteiger partial charge on any atom is 0.415 e. The van der Waals surface area contributed by atoms with Crippen LogP contribution in [-0.4, -0.2) is 33.1 Å². The number of carbonyl (C=O) groups excluding carboxylic acids is 2. The van der Waals surface area contributed by atoms with Gasteiger partial charge in [0.1, 0.15) is 6.67 Å². The zero-order valence-electron chi connectivity index (χ0n) is 9.54. The van der Waals surface area contributed by atoms with E-state index in [9.17, 15) is 9.59 Å². The van der Waals surface area contributed by atoms with E-state index in [1.54, 1.807) is 24.3 Å². The van der Waals surface area contributed by atoms with Crippen molar-refractivity contribution in [2.24, 2.45) is 0 Å². The molecule has 6 heteroatoms. The molecular formula is C11H12N2O4. The predicted octanol–water partition coefficient (Wildman–Crippen LogP) is 1.80. The number of benzene rings is 1. The molecule has 90 valence electrons. The van der Waals surface area contributed by atoms with Crippen molar-refractivity contribution in [2.75, 3.05) is 30.7 Å². The molecule has 2 rings (SSSR count). The lowest BCUT2D eigenvalue weighted by Crippen LogP contribution is -2.38. The Bertz CT molecular complexity index is 420. The van der Waals surface area contributed by atoms with Crippen molar-refractivity contribution in [3.05, 3.63) is 24.3 Å². The van der Waals surface area contributed by atoms with Gasteiger partial charge in [0.15, 0.2) is 0 Å². The third-order valence-corrected chi connectivity index (χ3v) is 2.54. The summed E-state index contributed by atoms with van der Waals surface area (Å²) in [6, 6.07) is 7.06. The number of rotatable bonds is 0. The summed E-state index contributed by atoms with van der Waals surface area (Å²) in [6.45, 7) is 0.0959. The Hall–Kier alpha value is -2.24. The Kier molecular flexibility index (Phi) is 2.86. The number of carbonyl (C=O) groups is 2. The van der Waals surface area contributed by atoms with Crippen LogP contribution in [0.2, 0.25) is 0 Å². The molecule has 0 bridgehead atoms. The third-order valence-electron chi connectivity index (χ3n) is 2.54. The molecule has 0 N–H and O–H groups in total. The molecule has 0 saturated carbocycles. The van der Waals surface area contributed by atoms with Gasteiger partial charge in [-0.15, -0.1) is 0 Å². The number of nitrogens with zero attached hydrogens (tertiary/aromatic N) is 2. The maximum absolute atomic E-state index is 11.6. The first-order valence-electron chi connectivity index (χ1n) is 4.99. The highest BCUT2D eigenvalue weighted by Crippen LogP contribution is 2.36. The number of anilines is 2. The molecule has 2 amide bonds. The highest BCUT2D eigenvalue weighted by atomic mass is 16.6. The molecular weight excluding hydrogens is 224 g/mol. The van der Waals surface area contributed by atoms with Gasteiger partial charge in [-0.3, -0.25) is 9.80 Å². The minimum Gasteiger partial charge on any atom is -0.452 e. The van der Waals surface area contributed by atoms with E-state index < -0.39 is 12.2 Å². The minimum absolute atomic E-state index is 0.0959. The van der Waals surface area contributed by atoms with Crippen LogP contribution in [0.1, 0.15) is 0 Å². The lowest BCUT2D eigenvalue weighted by atomic mass is 10.2. The molecule has 1 heterocycles. The van der Waals surface area contributed by atoms with Gasteiger partial charge in [-0.25, -0.2) is 9.59 Å². The monoisotopic (exact) mass is 236 g/mol. The van der Waals surface area contributed by atoms with Gasteiger partial charge >= 0.3 is 12.2 Å². The van der Waals surface area contributed by atoms with Crippen molar-refractivity contribution in [3.8, 4) is 0 Å². The van der Waals surface area contributed by atoms with Crippen molar-refractivity contribution < 1.29 is 19.1 Å². The van der Waals surface area contributed by atoms with E-state index in [2.05, 4.69) is 9.47 Å². The molecule has 0 radical (unpaired) electrons. The van der Waals surface area contributed by atoms with E-state index in [0.29, 0.717) is 11.4 Å². The topological polar surface area (TPSA) is 59.1 Å². The van der Waals surface area contributed by atoms with Gasteiger partial charge in [0.2, 0.25) is 0 Å². The minimum atomic E-state index is -0.510. The van der Waals surface area contributed by atoms with Gasteiger partial charge in [0, 0.05) is 0 Å². The summed E-state index contributed by atoms with van der Waals surface area (Å²) in [7, 11) is 2.59. The van der Waals surface area contributed by atoms with Gasteiger partial charge < -0.3 is 9.47 Å². The normalized spacial score (nSPS) is 13.3. The van der Waals surface area contributed by atoms with Crippen LogP contribution in [0.5, 0.6) is 0 Å². The Morgan fingerprint density at radius 1 is 1.00 bits per heavy atom. The molecule has 0 aliphatic carbocycles. The Balaban J connectivity index is 2.39. The fourth-order valence-corrected chi connectivity index (χ4v) is 1.75. The van der Waals surface area contributed by atoms with E-state index in [4.69, 9.17) is 0 Å². The standard InChI is InChI=1S/C11H12N2O4/c1-16-10(14)12-7-13(11(15)17-2)9-6-4-3-5-8(9)12/h3-6H,7H2,1-2H3. The van der Waals surface area contributed by atoms with Crippen LogP contribution in [0.4, 0.5) is 21.0 Å². The zero-order chi connectivity index (χ0) is 12.4. The number of amides is 2. The van der Waals surface area contributed by atoms with E-state index in [1.807, 2.05) is 0 Å². The molecule has 1 aromatic rings. The molecule has 0 saturated heterocycles. The van der Waals surface area contributed by atoms with Crippen molar-refractivity contribution in [3.63, 3.8) is 0 Å². The van der Waals surface area contributed by atoms with E-state index in [-0.39, 0.29) is 6.67 Å². The van der Waals surface area contributed by atoms with Crippen molar-refractivity contribution >= 4 is 23.6 Å². The van der Waals surface area contributed by atoms with Gasteiger partial charge in [0.25, 0.3) is 0 Å². The lowest BCUT2D eigenvalue weighted by molar-refractivity contribution is 0.175. The van der Waals surface area contributed by atoms with Crippen LogP contribution >= 0.6 is 0 Å². The Morgan fingerprint density at radius 3 is 1.76 bits per heavy atom. The summed E-state index contributed by atoms with van der Waals surface area (Å²) in [6.07, 6.45) is -1.02. The second-order valence-electron chi connectivity index (χ2n) is 3.43. The van der Waals surface area contributed by atoms with E-state index >= 15 is 0 Å². The smallest absolute Gasteiger partial charge is 0.415 e. The summed E-state index contributed by atoms with van der Waals surface area (Å²) in [5.74, 6) is 0. The number of hydrogen-bond donors (Lipinski definition) is 0. The van der Waals surface area contributed by atoms with Gasteiger partial charge in [-0.1, -0.05) is 12.1 Å². The largest absolute Gasteiger partial charge is 0.452 e. The highest BCUT2D eigenvalue weighted by molar-refractivity contribution is 6.03. The SMILES string of the molecule is COC(=O)N1CN(C(=O)OC)c2ccccc21. The molecule has 0 atom stereocenters. The van der Waals surface area contributed by atoms with Crippen LogP contribution in [0.15, 0.2) is 24.3 Å². The Labute approximate surface area is 98.3 Å². The molecule has 1 aliphatic heterocycles. The molecule has 1 aromatic carbocycles. The van der Waals surface area contributed by atoms with Crippen LogP contribution in [0, 0.1) is 0 Å². The molecule has 0 spiro atoms. The second-order valence-corrected chi connectivity index (χ2v) is 3.43. The van der Waals surface area contributed by atoms with Crippen molar-refractivity contribution in [2.45, 2.75) is 0 Å². The quantitative estimate of drug-likeness (QED) is 0.689. The molecule has 0 aromatic heterocycles. The number of fused-ring (bicyclic) bond motifs is 1. The maximum atomic E-state index is 11.6. The summed E-state index contributed by atoms with van der Waals surface area (Å²) >= 11 is 0. The van der Waals surface area contributed by atoms with Gasteiger partial charge in [-0.2, -0.15) is 0 Å². The first-order chi connectivity index (χ1) is 8.19. The number of ether oxygens (including phenoxy) is 2. The number of methoxy groups -OCH3 is 2. The number of para-hydroxylation sites is 2. The van der Waals surface area contributed by atoms with Crippen molar-refractivity contribution in [1.29, 1.82) is 0 Å². The summed E-state index contributed by atoms with van der Waals surface area (Å²) < 4.78 is 9.32. The van der Waals surface area contributed by atoms with Gasteiger partial charge in [0.05, 0.1) is 25.6 Å². The second kappa shape index (κ2) is 4.32. The van der Waals surface area contributed by atoms with Gasteiger partial charge in [-0.05, 0) is 12.1 Å². The van der Waals surface area contributed by atoms with E-state index in [1.165, 1.54) is 24.0 Å². The summed E-state index contributed by atoms with van der Waals surface area (Å²) in [4.78, 5) is 25.9. The molecule has 0 unspecified atom stereocenters. The fourth-order valence-electron chi connectivity index (χ4n) is 1.75. The fraction of sp³-hybridized carbons (Fsp3) is 0.273. The van der Waals surface area contributed by atoms with E-state index in [0.717, 1.165) is 0 Å². The van der Waals surface area contributed by atoms with Crippen LogP contribution in [0.3, 0.4) is 0 Å². The average Bonchev–Trinajstić information content (AvgIpc) is 2.76. The summed E-state index contributed by atoms with van der Waals surface area (Å²) in [5, 5.41) is 0. The van der Waals surface area contributed by atoms with Crippen LogP contribution in [-0.2, 0) is 9.47 Å². The molecule has 6 nitrogen and oxygen atoms in total. The first-order valence-corrected chi connectivity index (χ1v) is 4.99. The van der Waals surface area contributed by atoms with Crippen molar-refractivity contribution in [1.82, 2.24) is 0 Å². The molecule has 1 aliphatic rings. The number of hydrogen-bond acceptors (Lipinski definition) is 4. The molecule has 17 heavy (non-hydrogen) atoms. The predicted molar refractivity (Wildman–Crippen MR) is 61.1 cm³/mol. The highest BCUT2D eigenvalue weighted by Gasteiger charge is 2.34. The summed E-state index contributed by atoms with van der Waals surface area (Å²) in [5.41, 5.74) is 1.26. The van der Waals surface area contributed by atoms with Crippen LogP contribution < -0.4 is 9.80 Å². The Morgan fingerprint density at radius 2 is 1.41 bits per heavy atom.